The normalized spacial score (nSPS) is 18.9. The molecule has 0 aliphatic carbocycles. The van der Waals surface area contributed by atoms with Gasteiger partial charge < -0.3 is 14.8 Å². The standard InChI is InChI=1S/C17H30N6O.2ClH/c1-12(2)15(21(3)4)17(24)22-8-5-13(6-9-22)16-20-19-14-11-18-7-10-23(14)16;;/h12-13,15,18H,5-11H2,1-4H3;2*1H/t15-;;/m0../s1. The molecule has 7 nitrogen and oxygen atoms in total. The van der Waals surface area contributed by atoms with Gasteiger partial charge in [0.1, 0.15) is 11.6 Å². The fraction of sp³-hybridized carbons (Fsp3) is 0.824. The Hall–Kier alpha value is -0.890. The van der Waals surface area contributed by atoms with Crippen LogP contribution < -0.4 is 5.32 Å². The first-order valence-electron chi connectivity index (χ1n) is 9.07. The van der Waals surface area contributed by atoms with Gasteiger partial charge in [-0.25, -0.2) is 0 Å². The van der Waals surface area contributed by atoms with Gasteiger partial charge >= 0.3 is 0 Å². The molecule has 0 saturated carbocycles. The highest BCUT2D eigenvalue weighted by Crippen LogP contribution is 2.28. The summed E-state index contributed by atoms with van der Waals surface area (Å²) >= 11 is 0. The van der Waals surface area contributed by atoms with Gasteiger partial charge in [0.25, 0.3) is 0 Å². The van der Waals surface area contributed by atoms with Crippen LogP contribution in [0, 0.1) is 5.92 Å². The molecule has 1 saturated heterocycles. The molecule has 3 rings (SSSR count). The molecular formula is C17H32Cl2N6O. The number of halogens is 2. The van der Waals surface area contributed by atoms with Crippen LogP contribution in [-0.4, -0.2) is 70.2 Å². The highest BCUT2D eigenvalue weighted by atomic mass is 35.5. The van der Waals surface area contributed by atoms with E-state index < -0.39 is 0 Å². The van der Waals surface area contributed by atoms with Crippen LogP contribution in [0.5, 0.6) is 0 Å². The van der Waals surface area contributed by atoms with Gasteiger partial charge in [-0.05, 0) is 32.9 Å². The first-order chi connectivity index (χ1) is 11.5. The van der Waals surface area contributed by atoms with Crippen LogP contribution in [0.15, 0.2) is 0 Å². The Balaban J connectivity index is 0.00000169. The molecule has 1 aromatic heterocycles. The average molecular weight is 407 g/mol. The van der Waals surface area contributed by atoms with Crippen LogP contribution in [-0.2, 0) is 17.9 Å². The smallest absolute Gasteiger partial charge is 0.240 e. The second-order valence-electron chi connectivity index (χ2n) is 7.55. The number of piperidine rings is 1. The second kappa shape index (κ2) is 9.88. The first kappa shape index (κ1) is 23.1. The number of nitrogens with zero attached hydrogens (tertiary/aromatic N) is 5. The van der Waals surface area contributed by atoms with Gasteiger partial charge in [0.2, 0.25) is 5.91 Å². The number of carbonyl (C=O) groups excluding carboxylic acids is 1. The summed E-state index contributed by atoms with van der Waals surface area (Å²) < 4.78 is 2.27. The van der Waals surface area contributed by atoms with Gasteiger partial charge in [-0.3, -0.25) is 9.69 Å². The number of likely N-dealkylation sites (tertiary alicyclic amines) is 1. The average Bonchev–Trinajstić information content (AvgIpc) is 2.98. The van der Waals surface area contributed by atoms with Crippen molar-refractivity contribution in [2.75, 3.05) is 33.7 Å². The van der Waals surface area contributed by atoms with E-state index in [0.29, 0.717) is 11.8 Å². The van der Waals surface area contributed by atoms with Gasteiger partial charge in [-0.15, -0.1) is 35.0 Å². The summed E-state index contributed by atoms with van der Waals surface area (Å²) in [5.41, 5.74) is 0. The lowest BCUT2D eigenvalue weighted by Gasteiger charge is -2.37. The van der Waals surface area contributed by atoms with Crippen LogP contribution in [0.2, 0.25) is 0 Å². The van der Waals surface area contributed by atoms with E-state index in [2.05, 4.69) is 33.9 Å². The molecule has 3 heterocycles. The number of fused-ring (bicyclic) bond motifs is 1. The van der Waals surface area contributed by atoms with Crippen molar-refractivity contribution in [3.8, 4) is 0 Å². The summed E-state index contributed by atoms with van der Waals surface area (Å²) in [6.45, 7) is 8.62. The molecule has 0 bridgehead atoms. The molecule has 2 aliphatic heterocycles. The minimum Gasteiger partial charge on any atom is -0.341 e. The lowest BCUT2D eigenvalue weighted by Crippen LogP contribution is -2.50. The number of hydrogen-bond acceptors (Lipinski definition) is 5. The fourth-order valence-electron chi connectivity index (χ4n) is 4.06. The van der Waals surface area contributed by atoms with Crippen LogP contribution >= 0.6 is 24.8 Å². The van der Waals surface area contributed by atoms with Crippen molar-refractivity contribution in [3.63, 3.8) is 0 Å². The molecule has 26 heavy (non-hydrogen) atoms. The van der Waals surface area contributed by atoms with Crippen molar-refractivity contribution >= 4 is 30.7 Å². The van der Waals surface area contributed by atoms with E-state index in [1.165, 1.54) is 0 Å². The highest BCUT2D eigenvalue weighted by Gasteiger charge is 2.33. The van der Waals surface area contributed by atoms with E-state index in [-0.39, 0.29) is 36.8 Å². The summed E-state index contributed by atoms with van der Waals surface area (Å²) in [7, 11) is 3.98. The number of amides is 1. The van der Waals surface area contributed by atoms with Gasteiger partial charge in [0, 0.05) is 32.1 Å². The zero-order chi connectivity index (χ0) is 17.3. The predicted molar refractivity (Wildman–Crippen MR) is 107 cm³/mol. The van der Waals surface area contributed by atoms with E-state index in [0.717, 1.165) is 57.2 Å². The molecule has 2 aliphatic rings. The predicted octanol–water partition coefficient (Wildman–Crippen LogP) is 1.52. The Morgan fingerprint density at radius 2 is 1.81 bits per heavy atom. The Labute approximate surface area is 168 Å². The second-order valence-corrected chi connectivity index (χ2v) is 7.55. The van der Waals surface area contributed by atoms with Gasteiger partial charge in [0.05, 0.1) is 12.6 Å². The van der Waals surface area contributed by atoms with Crippen LogP contribution in [0.25, 0.3) is 0 Å². The summed E-state index contributed by atoms with van der Waals surface area (Å²) in [6, 6.07) is -0.0338. The molecule has 0 spiro atoms. The molecule has 9 heteroatoms. The molecule has 1 amide bonds. The molecule has 1 fully saturated rings. The Bertz CT molecular complexity index is 576. The van der Waals surface area contributed by atoms with Gasteiger partial charge in [-0.1, -0.05) is 13.8 Å². The van der Waals surface area contributed by atoms with E-state index in [1.807, 2.05) is 23.9 Å². The van der Waals surface area contributed by atoms with Crippen LogP contribution in [0.1, 0.15) is 44.3 Å². The third kappa shape index (κ3) is 4.68. The minimum absolute atomic E-state index is 0. The van der Waals surface area contributed by atoms with Crippen molar-refractivity contribution < 1.29 is 4.79 Å². The van der Waals surface area contributed by atoms with Crippen molar-refractivity contribution in [1.29, 1.82) is 0 Å². The lowest BCUT2D eigenvalue weighted by molar-refractivity contribution is -0.138. The zero-order valence-electron chi connectivity index (χ0n) is 16.1. The van der Waals surface area contributed by atoms with Crippen LogP contribution in [0.4, 0.5) is 0 Å². The Morgan fingerprint density at radius 1 is 1.15 bits per heavy atom. The largest absolute Gasteiger partial charge is 0.341 e. The van der Waals surface area contributed by atoms with E-state index in [4.69, 9.17) is 0 Å². The number of nitrogens with one attached hydrogen (secondary N) is 1. The van der Waals surface area contributed by atoms with Crippen molar-refractivity contribution in [1.82, 2.24) is 29.9 Å². The van der Waals surface area contributed by atoms with Gasteiger partial charge in [-0.2, -0.15) is 0 Å². The maximum Gasteiger partial charge on any atom is 0.240 e. The van der Waals surface area contributed by atoms with Crippen molar-refractivity contribution in [2.24, 2.45) is 5.92 Å². The highest BCUT2D eigenvalue weighted by molar-refractivity contribution is 5.85. The topological polar surface area (TPSA) is 66.3 Å². The Morgan fingerprint density at radius 3 is 2.38 bits per heavy atom. The zero-order valence-corrected chi connectivity index (χ0v) is 17.8. The number of rotatable bonds is 4. The maximum atomic E-state index is 12.8. The molecular weight excluding hydrogens is 375 g/mol. The van der Waals surface area contributed by atoms with Crippen LogP contribution in [0.3, 0.4) is 0 Å². The van der Waals surface area contributed by atoms with Gasteiger partial charge in [0.15, 0.2) is 0 Å². The molecule has 1 aromatic rings. The number of aromatic nitrogens is 3. The SMILES string of the molecule is CC(C)[C@@H](C(=O)N1CCC(c2nnc3n2CCNC3)CC1)N(C)C.Cl.Cl. The number of hydrogen-bond donors (Lipinski definition) is 1. The summed E-state index contributed by atoms with van der Waals surface area (Å²) in [5, 5.41) is 12.1. The number of likely N-dealkylation sites (N-methyl/N-ethyl adjacent to an activating group) is 1. The lowest BCUT2D eigenvalue weighted by atomic mass is 9.94. The summed E-state index contributed by atoms with van der Waals surface area (Å²) in [4.78, 5) is 16.9. The molecule has 1 atom stereocenters. The van der Waals surface area contributed by atoms with E-state index in [1.54, 1.807) is 0 Å². The third-order valence-electron chi connectivity index (χ3n) is 5.26. The first-order valence-corrected chi connectivity index (χ1v) is 9.07. The maximum absolute atomic E-state index is 12.8. The molecule has 0 aromatic carbocycles. The molecule has 150 valence electrons. The summed E-state index contributed by atoms with van der Waals surface area (Å²) in [5.74, 6) is 3.17. The molecule has 0 unspecified atom stereocenters. The third-order valence-corrected chi connectivity index (χ3v) is 5.26. The minimum atomic E-state index is -0.0338. The van der Waals surface area contributed by atoms with Crippen molar-refractivity contribution in [3.05, 3.63) is 11.6 Å². The number of carbonyl (C=O) groups is 1. The fourth-order valence-corrected chi connectivity index (χ4v) is 4.06. The summed E-state index contributed by atoms with van der Waals surface area (Å²) in [6.07, 6.45) is 1.96. The Kier molecular flexibility index (Phi) is 8.79. The molecule has 0 radical (unpaired) electrons. The van der Waals surface area contributed by atoms with E-state index >= 15 is 0 Å². The van der Waals surface area contributed by atoms with E-state index in [9.17, 15) is 4.79 Å². The molecule has 1 N–H and O–H groups in total. The quantitative estimate of drug-likeness (QED) is 0.820. The monoisotopic (exact) mass is 406 g/mol. The van der Waals surface area contributed by atoms with Crippen molar-refractivity contribution in [2.45, 2.75) is 51.7 Å².